The highest BCUT2D eigenvalue weighted by atomic mass is 32.1. The fraction of sp³-hybridized carbons (Fsp3) is 0.625. The van der Waals surface area contributed by atoms with E-state index in [2.05, 4.69) is 12.2 Å². The maximum Gasteiger partial charge on any atom is 0.254 e. The summed E-state index contributed by atoms with van der Waals surface area (Å²) < 4.78 is 5.40. The summed E-state index contributed by atoms with van der Waals surface area (Å²) in [5.74, 6) is 0.0503. The third-order valence-corrected chi connectivity index (χ3v) is 5.82. The van der Waals surface area contributed by atoms with Gasteiger partial charge in [0.1, 0.15) is 11.1 Å². The minimum Gasteiger partial charge on any atom is -0.368 e. The number of amides is 2. The first-order valence-corrected chi connectivity index (χ1v) is 8.78. The monoisotopic (exact) mass is 322 g/mol. The van der Waals surface area contributed by atoms with Crippen molar-refractivity contribution < 1.29 is 14.3 Å². The molecule has 6 heteroatoms. The first-order chi connectivity index (χ1) is 10.6. The van der Waals surface area contributed by atoms with Crippen molar-refractivity contribution in [3.8, 4) is 0 Å². The second-order valence-electron chi connectivity index (χ2n) is 6.08. The molecular weight excluding hydrogens is 300 g/mol. The van der Waals surface area contributed by atoms with Crippen molar-refractivity contribution in [2.24, 2.45) is 11.7 Å². The zero-order chi connectivity index (χ0) is 15.7. The van der Waals surface area contributed by atoms with Crippen molar-refractivity contribution in [3.05, 3.63) is 16.0 Å². The maximum atomic E-state index is 12.2. The van der Waals surface area contributed by atoms with E-state index in [1.165, 1.54) is 16.2 Å². The number of thiophene rings is 1. The molecule has 2 atom stereocenters. The number of nitrogens with one attached hydrogen (secondary N) is 1. The van der Waals surface area contributed by atoms with E-state index in [1.807, 2.05) is 0 Å². The Kier molecular flexibility index (Phi) is 4.49. The number of carbonyl (C=O) groups is 2. The number of fused-ring (bicyclic) bond motifs is 1. The van der Waals surface area contributed by atoms with Crippen LogP contribution in [0.25, 0.3) is 0 Å². The number of anilines is 1. The Morgan fingerprint density at radius 1 is 1.41 bits per heavy atom. The summed E-state index contributed by atoms with van der Waals surface area (Å²) in [7, 11) is 0. The van der Waals surface area contributed by atoms with Gasteiger partial charge in [-0.15, -0.1) is 11.3 Å². The molecule has 1 fully saturated rings. The van der Waals surface area contributed by atoms with Gasteiger partial charge in [-0.3, -0.25) is 9.59 Å². The van der Waals surface area contributed by atoms with Crippen molar-refractivity contribution in [2.45, 2.75) is 51.6 Å². The van der Waals surface area contributed by atoms with Crippen LogP contribution in [0.3, 0.4) is 0 Å². The number of hydrogen-bond donors (Lipinski definition) is 2. The summed E-state index contributed by atoms with van der Waals surface area (Å²) in [5, 5.41) is 3.48. The van der Waals surface area contributed by atoms with Gasteiger partial charge in [0.05, 0.1) is 5.56 Å². The lowest BCUT2D eigenvalue weighted by Gasteiger charge is -2.20. The molecule has 3 N–H and O–H groups in total. The number of primary amides is 1. The summed E-state index contributed by atoms with van der Waals surface area (Å²) in [6.07, 6.45) is 5.31. The van der Waals surface area contributed by atoms with Crippen LogP contribution in [0.2, 0.25) is 0 Å². The van der Waals surface area contributed by atoms with Gasteiger partial charge >= 0.3 is 0 Å². The van der Waals surface area contributed by atoms with Crippen LogP contribution in [0, 0.1) is 5.92 Å². The molecular formula is C16H22N2O3S. The van der Waals surface area contributed by atoms with Crippen molar-refractivity contribution in [1.82, 2.24) is 0 Å². The van der Waals surface area contributed by atoms with Gasteiger partial charge in [-0.25, -0.2) is 0 Å². The SMILES string of the molecule is CC[C@H]1CCc2c(sc(NC(=O)[C@@H]3CCCO3)c2C(N)=O)C1. The fourth-order valence-corrected chi connectivity index (χ4v) is 4.70. The van der Waals surface area contributed by atoms with Crippen LogP contribution in [0.5, 0.6) is 0 Å². The third-order valence-electron chi connectivity index (χ3n) is 4.65. The van der Waals surface area contributed by atoms with Gasteiger partial charge in [-0.1, -0.05) is 13.3 Å². The molecule has 120 valence electrons. The molecule has 2 amide bonds. The number of nitrogens with two attached hydrogens (primary N) is 1. The molecule has 0 saturated carbocycles. The Morgan fingerprint density at radius 3 is 2.86 bits per heavy atom. The van der Waals surface area contributed by atoms with E-state index < -0.39 is 12.0 Å². The van der Waals surface area contributed by atoms with E-state index in [-0.39, 0.29) is 5.91 Å². The lowest BCUT2D eigenvalue weighted by atomic mass is 9.85. The van der Waals surface area contributed by atoms with E-state index in [0.717, 1.165) is 44.1 Å². The van der Waals surface area contributed by atoms with Crippen molar-refractivity contribution in [3.63, 3.8) is 0 Å². The molecule has 3 rings (SSSR count). The first kappa shape index (κ1) is 15.5. The summed E-state index contributed by atoms with van der Waals surface area (Å²) in [6, 6.07) is 0. The average Bonchev–Trinajstić information content (AvgIpc) is 3.13. The van der Waals surface area contributed by atoms with Gasteiger partial charge in [0, 0.05) is 11.5 Å². The molecule has 0 unspecified atom stereocenters. The molecule has 1 aromatic heterocycles. The van der Waals surface area contributed by atoms with Gasteiger partial charge in [0.15, 0.2) is 0 Å². The van der Waals surface area contributed by atoms with Gasteiger partial charge in [-0.2, -0.15) is 0 Å². The van der Waals surface area contributed by atoms with Crippen molar-refractivity contribution >= 4 is 28.2 Å². The Labute approximate surface area is 134 Å². The molecule has 0 bridgehead atoms. The molecule has 1 aliphatic heterocycles. The lowest BCUT2D eigenvalue weighted by molar-refractivity contribution is -0.124. The molecule has 1 aromatic rings. The smallest absolute Gasteiger partial charge is 0.254 e. The molecule has 0 spiro atoms. The Morgan fingerprint density at radius 2 is 2.23 bits per heavy atom. The topological polar surface area (TPSA) is 81.4 Å². The number of rotatable bonds is 4. The largest absolute Gasteiger partial charge is 0.368 e. The second-order valence-corrected chi connectivity index (χ2v) is 7.19. The molecule has 2 heterocycles. The van der Waals surface area contributed by atoms with Crippen molar-refractivity contribution in [2.75, 3.05) is 11.9 Å². The van der Waals surface area contributed by atoms with Crippen LogP contribution in [-0.2, 0) is 22.4 Å². The van der Waals surface area contributed by atoms with Crippen LogP contribution in [0.4, 0.5) is 5.00 Å². The molecule has 0 aromatic carbocycles. The number of carbonyl (C=O) groups excluding carboxylic acids is 2. The van der Waals surface area contributed by atoms with Crippen LogP contribution in [0.1, 0.15) is 53.4 Å². The molecule has 0 radical (unpaired) electrons. The lowest BCUT2D eigenvalue weighted by Crippen LogP contribution is -2.27. The summed E-state index contributed by atoms with van der Waals surface area (Å²) >= 11 is 1.51. The Balaban J connectivity index is 1.85. The van der Waals surface area contributed by atoms with Crippen LogP contribution >= 0.6 is 11.3 Å². The molecule has 1 aliphatic carbocycles. The van der Waals surface area contributed by atoms with Gasteiger partial charge in [0.25, 0.3) is 11.8 Å². The quantitative estimate of drug-likeness (QED) is 0.893. The molecule has 2 aliphatic rings. The fourth-order valence-electron chi connectivity index (χ4n) is 3.33. The van der Waals surface area contributed by atoms with Crippen LogP contribution in [0.15, 0.2) is 0 Å². The second kappa shape index (κ2) is 6.38. The zero-order valence-corrected chi connectivity index (χ0v) is 13.6. The first-order valence-electron chi connectivity index (χ1n) is 7.97. The average molecular weight is 322 g/mol. The van der Waals surface area contributed by atoms with Crippen molar-refractivity contribution in [1.29, 1.82) is 0 Å². The highest BCUT2D eigenvalue weighted by Gasteiger charge is 2.30. The number of ether oxygens (including phenoxy) is 1. The van der Waals surface area contributed by atoms with Gasteiger partial charge < -0.3 is 15.8 Å². The summed E-state index contributed by atoms with van der Waals surface area (Å²) in [5.41, 5.74) is 7.13. The number of hydrogen-bond acceptors (Lipinski definition) is 4. The molecule has 1 saturated heterocycles. The Bertz CT molecular complexity index is 590. The van der Waals surface area contributed by atoms with E-state index in [0.29, 0.717) is 23.1 Å². The van der Waals surface area contributed by atoms with Gasteiger partial charge in [-0.05, 0) is 43.6 Å². The van der Waals surface area contributed by atoms with E-state index in [9.17, 15) is 9.59 Å². The predicted molar refractivity (Wildman–Crippen MR) is 86.2 cm³/mol. The third kappa shape index (κ3) is 2.90. The maximum absolute atomic E-state index is 12.2. The summed E-state index contributed by atoms with van der Waals surface area (Å²) in [6.45, 7) is 2.82. The van der Waals surface area contributed by atoms with Crippen LogP contribution in [-0.4, -0.2) is 24.5 Å². The van der Waals surface area contributed by atoms with E-state index in [4.69, 9.17) is 10.5 Å². The van der Waals surface area contributed by atoms with Crippen LogP contribution < -0.4 is 11.1 Å². The minimum atomic E-state index is -0.449. The predicted octanol–water partition coefficient (Wildman–Crippen LogP) is 2.48. The Hall–Kier alpha value is -1.40. The summed E-state index contributed by atoms with van der Waals surface area (Å²) in [4.78, 5) is 25.3. The van der Waals surface area contributed by atoms with E-state index in [1.54, 1.807) is 0 Å². The standard InChI is InChI=1S/C16H22N2O3S/c1-2-9-5-6-10-12(8-9)22-16(13(10)14(17)19)18-15(20)11-4-3-7-21-11/h9,11H,2-8H2,1H3,(H2,17,19)(H,18,20)/t9-,11-/m0/s1. The normalized spacial score (nSPS) is 24.0. The van der Waals surface area contributed by atoms with E-state index >= 15 is 0 Å². The highest BCUT2D eigenvalue weighted by molar-refractivity contribution is 7.17. The molecule has 5 nitrogen and oxygen atoms in total. The molecule has 22 heavy (non-hydrogen) atoms. The zero-order valence-electron chi connectivity index (χ0n) is 12.8. The highest BCUT2D eigenvalue weighted by Crippen LogP contribution is 2.40. The minimum absolute atomic E-state index is 0.161. The van der Waals surface area contributed by atoms with Gasteiger partial charge in [0.2, 0.25) is 0 Å².